The molecule has 12 heteroatoms. The maximum absolute atomic E-state index is 13.5. The molecule has 3 aliphatic rings. The lowest BCUT2D eigenvalue weighted by Crippen LogP contribution is -2.46. The fraction of sp³-hybridized carbons (Fsp3) is 0.714. The molecule has 0 bridgehead atoms. The number of anilines is 1. The second-order valence-electron chi connectivity index (χ2n) is 9.53. The molecule has 1 aromatic heterocycles. The van der Waals surface area contributed by atoms with Crippen LogP contribution in [0, 0.1) is 17.3 Å². The van der Waals surface area contributed by atoms with E-state index in [0.717, 1.165) is 43.9 Å². The molecule has 1 aromatic rings. The van der Waals surface area contributed by atoms with E-state index >= 15 is 0 Å². The van der Waals surface area contributed by atoms with Crippen molar-refractivity contribution in [1.29, 1.82) is 0 Å². The van der Waals surface area contributed by atoms with Crippen LogP contribution in [0.2, 0.25) is 0 Å². The fourth-order valence-corrected chi connectivity index (χ4v) is 5.86. The Morgan fingerprint density at radius 3 is 2.55 bits per heavy atom. The number of nitrogens with zero attached hydrogens (tertiary/aromatic N) is 2. The third-order valence-corrected chi connectivity index (χ3v) is 7.83. The number of alkyl halides is 3. The van der Waals surface area contributed by atoms with E-state index in [4.69, 9.17) is 5.21 Å². The SMILES string of the molecule is O=C(CC(CC1CCCC1)C(=O)N1CC2(CC2)C[C@H]1C(=O)Nc1nc(C(F)(F)F)cs1)NO. The van der Waals surface area contributed by atoms with Crippen LogP contribution >= 0.6 is 11.3 Å². The van der Waals surface area contributed by atoms with Gasteiger partial charge in [0.2, 0.25) is 17.7 Å². The van der Waals surface area contributed by atoms with E-state index in [1.165, 1.54) is 4.90 Å². The van der Waals surface area contributed by atoms with E-state index in [2.05, 4.69) is 10.3 Å². The summed E-state index contributed by atoms with van der Waals surface area (Å²) in [6, 6.07) is -0.832. The molecule has 1 saturated heterocycles. The van der Waals surface area contributed by atoms with Crippen molar-refractivity contribution in [2.24, 2.45) is 17.3 Å². The van der Waals surface area contributed by atoms with Gasteiger partial charge in [-0.05, 0) is 37.0 Å². The van der Waals surface area contributed by atoms with Crippen molar-refractivity contribution in [2.75, 3.05) is 11.9 Å². The molecule has 33 heavy (non-hydrogen) atoms. The first-order chi connectivity index (χ1) is 15.6. The Hall–Kier alpha value is -2.21. The summed E-state index contributed by atoms with van der Waals surface area (Å²) in [5.41, 5.74) is 0.367. The Labute approximate surface area is 192 Å². The molecule has 0 aromatic carbocycles. The Morgan fingerprint density at radius 2 is 1.97 bits per heavy atom. The zero-order valence-corrected chi connectivity index (χ0v) is 18.8. The maximum Gasteiger partial charge on any atom is 0.434 e. The van der Waals surface area contributed by atoms with Crippen LogP contribution in [-0.4, -0.2) is 45.4 Å². The number of rotatable bonds is 7. The van der Waals surface area contributed by atoms with E-state index in [9.17, 15) is 27.6 Å². The molecular formula is C21H27F3N4O4S. The lowest BCUT2D eigenvalue weighted by Gasteiger charge is -2.29. The van der Waals surface area contributed by atoms with Crippen molar-refractivity contribution in [3.63, 3.8) is 0 Å². The van der Waals surface area contributed by atoms with Crippen LogP contribution in [0.25, 0.3) is 0 Å². The van der Waals surface area contributed by atoms with Crippen LogP contribution < -0.4 is 10.8 Å². The first-order valence-corrected chi connectivity index (χ1v) is 12.1. The molecule has 4 rings (SSSR count). The number of carbonyl (C=O) groups is 3. The molecule has 2 aliphatic carbocycles. The lowest BCUT2D eigenvalue weighted by atomic mass is 9.89. The van der Waals surface area contributed by atoms with Crippen LogP contribution in [0.3, 0.4) is 0 Å². The normalized spacial score (nSPS) is 23.0. The van der Waals surface area contributed by atoms with Gasteiger partial charge in [-0.15, -0.1) is 11.3 Å². The van der Waals surface area contributed by atoms with Gasteiger partial charge in [-0.1, -0.05) is 25.7 Å². The summed E-state index contributed by atoms with van der Waals surface area (Å²) < 4.78 is 38.5. The number of amides is 3. The smallest absolute Gasteiger partial charge is 0.330 e. The first kappa shape index (κ1) is 23.9. The van der Waals surface area contributed by atoms with Gasteiger partial charge in [-0.25, -0.2) is 10.5 Å². The topological polar surface area (TPSA) is 112 Å². The van der Waals surface area contributed by atoms with Gasteiger partial charge in [0.15, 0.2) is 10.8 Å². The summed E-state index contributed by atoms with van der Waals surface area (Å²) in [4.78, 5) is 43.4. The number of likely N-dealkylation sites (tertiary alicyclic amines) is 1. The van der Waals surface area contributed by atoms with E-state index in [1.807, 2.05) is 0 Å². The third kappa shape index (κ3) is 5.48. The molecule has 1 spiro atoms. The molecule has 2 saturated carbocycles. The van der Waals surface area contributed by atoms with Crippen molar-refractivity contribution >= 4 is 34.2 Å². The average Bonchev–Trinajstić information content (AvgIpc) is 3.14. The van der Waals surface area contributed by atoms with Crippen molar-refractivity contribution in [1.82, 2.24) is 15.4 Å². The van der Waals surface area contributed by atoms with Gasteiger partial charge in [0.1, 0.15) is 6.04 Å². The van der Waals surface area contributed by atoms with Crippen molar-refractivity contribution in [2.45, 2.75) is 70.0 Å². The number of nitrogens with one attached hydrogen (secondary N) is 2. The van der Waals surface area contributed by atoms with Gasteiger partial charge < -0.3 is 10.2 Å². The predicted octanol–water partition coefficient (Wildman–Crippen LogP) is 3.57. The Morgan fingerprint density at radius 1 is 1.27 bits per heavy atom. The van der Waals surface area contributed by atoms with Gasteiger partial charge in [-0.3, -0.25) is 19.6 Å². The van der Waals surface area contributed by atoms with Crippen molar-refractivity contribution in [3.05, 3.63) is 11.1 Å². The van der Waals surface area contributed by atoms with Gasteiger partial charge in [0.25, 0.3) is 0 Å². The number of halogens is 3. The van der Waals surface area contributed by atoms with Gasteiger partial charge in [0, 0.05) is 24.3 Å². The number of aromatic nitrogens is 1. The van der Waals surface area contributed by atoms with Crippen LogP contribution in [0.1, 0.15) is 63.5 Å². The minimum absolute atomic E-state index is 0.144. The Kier molecular flexibility index (Phi) is 6.68. The number of hydrogen-bond acceptors (Lipinski definition) is 6. The van der Waals surface area contributed by atoms with E-state index in [0.29, 0.717) is 36.6 Å². The second kappa shape index (κ2) is 9.21. The molecule has 1 aliphatic heterocycles. The van der Waals surface area contributed by atoms with E-state index in [1.54, 1.807) is 5.48 Å². The highest BCUT2D eigenvalue weighted by molar-refractivity contribution is 7.13. The van der Waals surface area contributed by atoms with Crippen LogP contribution in [-0.2, 0) is 20.6 Å². The molecule has 182 valence electrons. The largest absolute Gasteiger partial charge is 0.434 e. The summed E-state index contributed by atoms with van der Waals surface area (Å²) in [6.45, 7) is 0.386. The van der Waals surface area contributed by atoms with Gasteiger partial charge >= 0.3 is 6.18 Å². The minimum atomic E-state index is -4.60. The summed E-state index contributed by atoms with van der Waals surface area (Å²) in [5, 5.41) is 12.1. The molecule has 2 atom stereocenters. The lowest BCUT2D eigenvalue weighted by molar-refractivity contribution is -0.144. The number of hydrogen-bond donors (Lipinski definition) is 3. The number of thiazole rings is 1. The van der Waals surface area contributed by atoms with Gasteiger partial charge in [0.05, 0.1) is 0 Å². The summed E-state index contributed by atoms with van der Waals surface area (Å²) in [7, 11) is 0. The van der Waals surface area contributed by atoms with E-state index < -0.39 is 35.6 Å². The molecule has 3 N–H and O–H groups in total. The highest BCUT2D eigenvalue weighted by Crippen LogP contribution is 2.55. The zero-order chi connectivity index (χ0) is 23.8. The first-order valence-electron chi connectivity index (χ1n) is 11.2. The number of carbonyl (C=O) groups excluding carboxylic acids is 3. The predicted molar refractivity (Wildman–Crippen MR) is 112 cm³/mol. The quantitative estimate of drug-likeness (QED) is 0.401. The Bertz CT molecular complexity index is 912. The monoisotopic (exact) mass is 488 g/mol. The highest BCUT2D eigenvalue weighted by atomic mass is 32.1. The molecule has 1 unspecified atom stereocenters. The molecule has 0 radical (unpaired) electrons. The second-order valence-corrected chi connectivity index (χ2v) is 10.4. The van der Waals surface area contributed by atoms with E-state index in [-0.39, 0.29) is 22.9 Å². The number of hydroxylamine groups is 1. The third-order valence-electron chi connectivity index (χ3n) is 7.07. The molecule has 3 fully saturated rings. The molecule has 8 nitrogen and oxygen atoms in total. The molecule has 2 heterocycles. The average molecular weight is 489 g/mol. The van der Waals surface area contributed by atoms with Gasteiger partial charge in [-0.2, -0.15) is 13.2 Å². The fourth-order valence-electron chi connectivity index (χ4n) is 5.14. The van der Waals surface area contributed by atoms with Crippen molar-refractivity contribution < 1.29 is 32.8 Å². The highest BCUT2D eigenvalue weighted by Gasteiger charge is 2.56. The maximum atomic E-state index is 13.5. The van der Waals surface area contributed by atoms with Crippen molar-refractivity contribution in [3.8, 4) is 0 Å². The summed E-state index contributed by atoms with van der Waals surface area (Å²) >= 11 is 0.680. The molecule has 3 amide bonds. The minimum Gasteiger partial charge on any atom is -0.330 e. The summed E-state index contributed by atoms with van der Waals surface area (Å²) in [6.07, 6.45) is 2.01. The van der Waals surface area contributed by atoms with Crippen LogP contribution in [0.4, 0.5) is 18.3 Å². The standard InChI is InChI=1S/C21H27F3N4O4S/c22-21(23,24)15-10-33-19(25-15)26-17(30)14-9-20(5-6-20)11-28(14)18(31)13(8-16(29)27-32)7-12-3-1-2-4-12/h10,12-14,32H,1-9,11H2,(H,27,29)(H,25,26,30)/t13?,14-/m0/s1. The summed E-state index contributed by atoms with van der Waals surface area (Å²) in [5.74, 6) is -1.89. The van der Waals surface area contributed by atoms with Crippen LogP contribution in [0.5, 0.6) is 0 Å². The zero-order valence-electron chi connectivity index (χ0n) is 18.0. The Balaban J connectivity index is 1.49. The van der Waals surface area contributed by atoms with Crippen LogP contribution in [0.15, 0.2) is 5.38 Å². The molecular weight excluding hydrogens is 461 g/mol.